The predicted octanol–water partition coefficient (Wildman–Crippen LogP) is 7.16. The molecule has 3 rings (SSSR count). The molecule has 0 aromatic carbocycles. The molecule has 0 spiro atoms. The Morgan fingerprint density at radius 3 is 2.15 bits per heavy atom. The molecule has 2 aliphatic heterocycles. The van der Waals surface area contributed by atoms with Crippen LogP contribution in [-0.4, -0.2) is 119 Å². The minimum atomic E-state index is -5.71. The maximum Gasteiger partial charge on any atom is 0.481 e. The fourth-order valence-corrected chi connectivity index (χ4v) is 10.6. The van der Waals surface area contributed by atoms with E-state index in [1.165, 1.54) is 50.1 Å². The summed E-state index contributed by atoms with van der Waals surface area (Å²) in [6, 6.07) is 1.24. The molecule has 0 radical (unpaired) electrons. The molecule has 73 heavy (non-hydrogen) atoms. The number of hydrogen-bond donors (Lipinski definition) is 8. The lowest BCUT2D eigenvalue weighted by molar-refractivity contribution is -0.194. The number of aliphatic hydroxyl groups is 5. The quantitative estimate of drug-likeness (QED) is 0.0233. The van der Waals surface area contributed by atoms with E-state index in [1.807, 2.05) is 6.92 Å². The molecule has 1 fully saturated rings. The van der Waals surface area contributed by atoms with E-state index in [0.29, 0.717) is 25.7 Å². The molecule has 0 amide bonds. The zero-order valence-electron chi connectivity index (χ0n) is 42.8. The normalized spacial score (nSPS) is 30.6. The van der Waals surface area contributed by atoms with Gasteiger partial charge in [0.1, 0.15) is 30.9 Å². The topological polar surface area (TPSA) is 326 Å². The molecule has 2 aliphatic rings. The number of allylic oxidation sites excluding steroid dienone is 4. The first kappa shape index (κ1) is 64.1. The van der Waals surface area contributed by atoms with Gasteiger partial charge in [0.15, 0.2) is 6.10 Å². The summed E-state index contributed by atoms with van der Waals surface area (Å²) in [4.78, 5) is 64.2. The van der Waals surface area contributed by atoms with Crippen LogP contribution in [0.4, 0.5) is 5.82 Å². The number of fused-ring (bicyclic) bond motifs is 3. The zero-order valence-corrected chi connectivity index (χ0v) is 44.6. The molecular weight excluding hydrogens is 993 g/mol. The number of carbonyl (C=O) groups excluding carboxylic acids is 2. The van der Waals surface area contributed by atoms with Gasteiger partial charge in [0.25, 0.3) is 0 Å². The molecule has 2 bridgehead atoms. The predicted molar refractivity (Wildman–Crippen MR) is 272 cm³/mol. The van der Waals surface area contributed by atoms with Gasteiger partial charge in [0.05, 0.1) is 37.6 Å². The van der Waals surface area contributed by atoms with Gasteiger partial charge < -0.3 is 55.3 Å². The number of aliphatic hydroxyl groups excluding tert-OH is 5. The van der Waals surface area contributed by atoms with Crippen molar-refractivity contribution >= 4 is 33.4 Å². The lowest BCUT2D eigenvalue weighted by Crippen LogP contribution is -2.52. The molecule has 1 saturated heterocycles. The van der Waals surface area contributed by atoms with Crippen LogP contribution in [0.3, 0.4) is 0 Å². The average molecular weight is 1080 g/mol. The number of phosphoric ester groups is 2. The molecule has 0 aliphatic carbocycles. The first-order valence-electron chi connectivity index (χ1n) is 26.3. The van der Waals surface area contributed by atoms with Gasteiger partial charge in [-0.2, -0.15) is 9.29 Å². The zero-order chi connectivity index (χ0) is 53.7. The SMILES string of the molecule is CCCCCC/C=C\CCCCCCCCCC(=O)O[C@@H]1COC(=O)CCC/C=C\C[C@@H]2[C@H](n3ccc(N)nc3=O)O[C@H](COP(=O)(O)OP(=O)(O)OC1)[C@@H](O)[C@@H](O)[C@@H](/C=C/[C@@H](O)CCCCC)[C@H](O)C[C@@H]2O. The van der Waals surface area contributed by atoms with Gasteiger partial charge in [0, 0.05) is 37.3 Å². The summed E-state index contributed by atoms with van der Waals surface area (Å²) in [5.74, 6) is -4.16. The number of aromatic nitrogens is 2. The van der Waals surface area contributed by atoms with Crippen LogP contribution in [0.5, 0.6) is 0 Å². The highest BCUT2D eigenvalue weighted by Crippen LogP contribution is 2.60. The summed E-state index contributed by atoms with van der Waals surface area (Å²) in [5, 5.41) is 57.5. The summed E-state index contributed by atoms with van der Waals surface area (Å²) in [7, 11) is -11.3. The van der Waals surface area contributed by atoms with Gasteiger partial charge >= 0.3 is 33.3 Å². The average Bonchev–Trinajstić information content (AvgIpc) is 3.33. The fraction of sp³-hybridized carbons (Fsp3) is 0.760. The Hall–Kier alpha value is -3.14. The van der Waals surface area contributed by atoms with Crippen LogP contribution in [0.1, 0.15) is 168 Å². The number of cyclic esters (lactones) is 1. The summed E-state index contributed by atoms with van der Waals surface area (Å²) in [5.41, 5.74) is 4.78. The molecule has 2 unspecified atom stereocenters. The number of nitrogens with zero attached hydrogens (tertiary/aromatic N) is 2. The molecule has 9 N–H and O–H groups in total. The van der Waals surface area contributed by atoms with Crippen molar-refractivity contribution in [3.8, 4) is 0 Å². The number of nitrogens with two attached hydrogens (primary N) is 1. The van der Waals surface area contributed by atoms with Crippen LogP contribution in [0, 0.1) is 11.8 Å². The van der Waals surface area contributed by atoms with Crippen LogP contribution in [0.15, 0.2) is 53.5 Å². The molecule has 12 atom stereocenters. The van der Waals surface area contributed by atoms with E-state index >= 15 is 0 Å². The van der Waals surface area contributed by atoms with E-state index in [1.54, 1.807) is 12.2 Å². The highest BCUT2D eigenvalue weighted by Gasteiger charge is 2.45. The van der Waals surface area contributed by atoms with Crippen molar-refractivity contribution in [1.82, 2.24) is 9.55 Å². The second-order valence-corrected chi connectivity index (χ2v) is 22.0. The Bertz CT molecular complexity index is 1990. The molecule has 1 aromatic rings. The van der Waals surface area contributed by atoms with Crippen molar-refractivity contribution in [2.45, 2.75) is 210 Å². The lowest BCUT2D eigenvalue weighted by atomic mass is 9.82. The third kappa shape index (κ3) is 26.0. The number of ether oxygens (including phenoxy) is 3. The minimum absolute atomic E-state index is 0.00417. The van der Waals surface area contributed by atoms with Crippen LogP contribution >= 0.6 is 15.6 Å². The standard InChI is InChI=1S/C50H85N3O18P2/c1-3-5-7-8-9-10-11-12-13-14-15-16-17-18-24-28-46(58)69-38-34-66-45(57)27-23-20-19-22-26-40-42(56)33-41(55)39(30-29-37(54)25-21-6-4-2)47(59)48(60)43(36-68-73(64,65)71-72(62,63)67-35-38)70-49(40)53-32-31-44(51)52-50(53)61/h10-11,19,22,29-32,37-43,47-49,54-56,59-60H,3-9,12-18,20-21,23-28,33-36H2,1-2H3,(H,62,63)(H,64,65)(H2,51,52,61)/b11-10-,22-19-,30-29+/t37-,38+,39-,40-,41+,42-,43+,47-,48+,49+/m0/s1. The third-order valence-electron chi connectivity index (χ3n) is 12.7. The van der Waals surface area contributed by atoms with Gasteiger partial charge in [-0.25, -0.2) is 13.9 Å². The van der Waals surface area contributed by atoms with E-state index < -0.39 is 120 Å². The van der Waals surface area contributed by atoms with E-state index in [9.17, 15) is 58.8 Å². The van der Waals surface area contributed by atoms with E-state index in [0.717, 1.165) is 68.8 Å². The smallest absolute Gasteiger partial charge is 0.462 e. The van der Waals surface area contributed by atoms with Gasteiger partial charge in [-0.1, -0.05) is 121 Å². The Morgan fingerprint density at radius 1 is 0.849 bits per heavy atom. The minimum Gasteiger partial charge on any atom is -0.462 e. The second kappa shape index (κ2) is 35.2. The third-order valence-corrected chi connectivity index (χ3v) is 15.3. The lowest BCUT2D eigenvalue weighted by Gasteiger charge is -2.40. The van der Waals surface area contributed by atoms with Crippen LogP contribution in [0.2, 0.25) is 0 Å². The number of phosphoric acid groups is 2. The van der Waals surface area contributed by atoms with Gasteiger partial charge in [-0.3, -0.25) is 23.2 Å². The molecule has 1 aromatic heterocycles. The monoisotopic (exact) mass is 1080 g/mol. The maximum absolute atomic E-state index is 13.4. The number of carbonyl (C=O) groups is 2. The fourth-order valence-electron chi connectivity index (χ4n) is 8.52. The summed E-state index contributed by atoms with van der Waals surface area (Å²) in [6.45, 7) is 1.47. The van der Waals surface area contributed by atoms with Gasteiger partial charge in [-0.05, 0) is 63.9 Å². The number of rotatable bonds is 23. The first-order chi connectivity index (χ1) is 34.9. The van der Waals surface area contributed by atoms with Crippen molar-refractivity contribution in [3.05, 3.63) is 59.2 Å². The van der Waals surface area contributed by atoms with E-state index in [2.05, 4.69) is 28.4 Å². The molecule has 21 nitrogen and oxygen atoms in total. The van der Waals surface area contributed by atoms with E-state index in [4.69, 9.17) is 29.0 Å². The Balaban J connectivity index is 1.80. The summed E-state index contributed by atoms with van der Waals surface area (Å²) < 4.78 is 59.1. The Labute approximate surface area is 430 Å². The second-order valence-electron chi connectivity index (χ2n) is 19.0. The van der Waals surface area contributed by atoms with Crippen molar-refractivity contribution in [3.63, 3.8) is 0 Å². The molecule has 0 saturated carbocycles. The number of nitrogen functional groups attached to an aromatic ring is 1. The molecular formula is C50H85N3O18P2. The van der Waals surface area contributed by atoms with Crippen molar-refractivity contribution in [1.29, 1.82) is 0 Å². The van der Waals surface area contributed by atoms with Gasteiger partial charge in [0.2, 0.25) is 0 Å². The highest BCUT2D eigenvalue weighted by molar-refractivity contribution is 7.61. The molecule has 3 heterocycles. The maximum atomic E-state index is 13.4. The molecule has 23 heteroatoms. The first-order valence-corrected chi connectivity index (χ1v) is 29.2. The van der Waals surface area contributed by atoms with Gasteiger partial charge in [-0.15, -0.1) is 0 Å². The number of hydrogen-bond acceptors (Lipinski definition) is 18. The summed E-state index contributed by atoms with van der Waals surface area (Å²) >= 11 is 0. The van der Waals surface area contributed by atoms with Crippen LogP contribution in [0.25, 0.3) is 0 Å². The van der Waals surface area contributed by atoms with E-state index in [-0.39, 0.29) is 31.5 Å². The highest BCUT2D eigenvalue weighted by atomic mass is 31.3. The van der Waals surface area contributed by atoms with Crippen LogP contribution in [-0.2, 0) is 46.3 Å². The Morgan fingerprint density at radius 2 is 1.48 bits per heavy atom. The number of anilines is 1. The number of unbranched alkanes of at least 4 members (excludes halogenated alkanes) is 13. The van der Waals surface area contributed by atoms with Crippen molar-refractivity contribution < 1.29 is 81.6 Å². The molecule has 418 valence electrons. The van der Waals surface area contributed by atoms with Crippen molar-refractivity contribution in [2.24, 2.45) is 11.8 Å². The Kier molecular flexibility index (Phi) is 31.0. The summed E-state index contributed by atoms with van der Waals surface area (Å²) in [6.07, 6.45) is 14.8. The van der Waals surface area contributed by atoms with Crippen LogP contribution < -0.4 is 11.4 Å². The van der Waals surface area contributed by atoms with Crippen molar-refractivity contribution in [2.75, 3.05) is 25.6 Å². The number of esters is 2. The largest absolute Gasteiger partial charge is 0.481 e.